The molecule has 0 radical (unpaired) electrons. The van der Waals surface area contributed by atoms with E-state index in [1.165, 1.54) is 11.3 Å². The molecular weight excluding hydrogens is 415 g/mol. The van der Waals surface area contributed by atoms with Crippen molar-refractivity contribution in [3.05, 3.63) is 81.9 Å². The second-order valence-corrected chi connectivity index (χ2v) is 7.61. The summed E-state index contributed by atoms with van der Waals surface area (Å²) in [5.74, 6) is -0.991. The van der Waals surface area contributed by atoms with Gasteiger partial charge in [0.2, 0.25) is 0 Å². The van der Waals surface area contributed by atoms with Crippen LogP contribution in [-0.2, 0) is 0 Å². The fraction of sp³-hybridized carbons (Fsp3) is 0. The maximum absolute atomic E-state index is 11.8. The van der Waals surface area contributed by atoms with Gasteiger partial charge in [-0.2, -0.15) is 0 Å². The molecule has 28 heavy (non-hydrogen) atoms. The summed E-state index contributed by atoms with van der Waals surface area (Å²) >= 11 is 13.6. The molecule has 0 aliphatic heterocycles. The molecule has 7 heteroatoms. The molecule has 0 spiro atoms. The van der Waals surface area contributed by atoms with Crippen LogP contribution in [0.2, 0.25) is 10.0 Å². The second kappa shape index (κ2) is 7.72. The average Bonchev–Trinajstić information content (AvgIpc) is 3.20. The number of carboxylic acids is 1. The lowest BCUT2D eigenvalue weighted by molar-refractivity contribution is 0.0698. The Labute approximate surface area is 175 Å². The van der Waals surface area contributed by atoms with Crippen molar-refractivity contribution in [3.8, 4) is 33.0 Å². The Hall–Kier alpha value is -2.73. The SMILES string of the molecule is O=C(O)c1cccc(-c2nc(-c3ccc(Cl)c(Cl)c3)cs2)c1-c1ccncc1. The number of rotatable bonds is 4. The van der Waals surface area contributed by atoms with Crippen molar-refractivity contribution in [2.45, 2.75) is 0 Å². The van der Waals surface area contributed by atoms with Crippen molar-refractivity contribution in [1.29, 1.82) is 0 Å². The van der Waals surface area contributed by atoms with Crippen molar-refractivity contribution in [2.75, 3.05) is 0 Å². The number of hydrogen-bond donors (Lipinski definition) is 1. The van der Waals surface area contributed by atoms with Crippen LogP contribution in [0, 0.1) is 0 Å². The Balaban J connectivity index is 1.86. The first-order valence-electron chi connectivity index (χ1n) is 8.22. The Kier molecular flexibility index (Phi) is 5.13. The first-order valence-corrected chi connectivity index (χ1v) is 9.86. The summed E-state index contributed by atoms with van der Waals surface area (Å²) in [6.07, 6.45) is 3.28. The number of benzene rings is 2. The molecule has 0 bridgehead atoms. The lowest BCUT2D eigenvalue weighted by Crippen LogP contribution is -2.01. The first-order chi connectivity index (χ1) is 13.5. The molecule has 4 nitrogen and oxygen atoms in total. The maximum atomic E-state index is 11.8. The minimum atomic E-state index is -0.991. The first kappa shape index (κ1) is 18.6. The lowest BCUT2D eigenvalue weighted by Gasteiger charge is -2.11. The molecule has 138 valence electrons. The second-order valence-electron chi connectivity index (χ2n) is 5.94. The molecule has 2 aromatic carbocycles. The van der Waals surface area contributed by atoms with Crippen LogP contribution in [0.4, 0.5) is 0 Å². The highest BCUT2D eigenvalue weighted by atomic mass is 35.5. The Bertz CT molecular complexity index is 1180. The van der Waals surface area contributed by atoms with Gasteiger partial charge in [-0.25, -0.2) is 9.78 Å². The van der Waals surface area contributed by atoms with Gasteiger partial charge in [-0.05, 0) is 35.9 Å². The molecule has 0 saturated heterocycles. The lowest BCUT2D eigenvalue weighted by atomic mass is 9.95. The molecule has 0 aliphatic carbocycles. The van der Waals surface area contributed by atoms with Crippen LogP contribution in [0.15, 0.2) is 66.3 Å². The topological polar surface area (TPSA) is 63.1 Å². The number of pyridine rings is 1. The molecule has 0 aliphatic rings. The Morgan fingerprint density at radius 3 is 2.46 bits per heavy atom. The standard InChI is InChI=1S/C21H12Cl2N2O2S/c22-16-5-4-13(10-17(16)23)18-11-28-20(25-18)14-2-1-3-15(21(26)27)19(14)12-6-8-24-9-7-12/h1-11H,(H,26,27). The molecule has 1 N–H and O–H groups in total. The van der Waals surface area contributed by atoms with Crippen molar-refractivity contribution >= 4 is 40.5 Å². The molecular formula is C21H12Cl2N2O2S. The number of halogens is 2. The number of aromatic nitrogens is 2. The molecule has 0 fully saturated rings. The van der Waals surface area contributed by atoms with E-state index in [-0.39, 0.29) is 5.56 Å². The monoisotopic (exact) mass is 426 g/mol. The van der Waals surface area contributed by atoms with Crippen molar-refractivity contribution in [3.63, 3.8) is 0 Å². The van der Waals surface area contributed by atoms with Gasteiger partial charge >= 0.3 is 5.97 Å². The smallest absolute Gasteiger partial charge is 0.336 e. The third kappa shape index (κ3) is 3.52. The molecule has 4 aromatic rings. The van der Waals surface area contributed by atoms with Gasteiger partial charge in [0.25, 0.3) is 0 Å². The van der Waals surface area contributed by atoms with Crippen molar-refractivity contribution < 1.29 is 9.90 Å². The Morgan fingerprint density at radius 1 is 0.964 bits per heavy atom. The summed E-state index contributed by atoms with van der Waals surface area (Å²) in [4.78, 5) is 20.6. The van der Waals surface area contributed by atoms with Gasteiger partial charge in [-0.3, -0.25) is 4.98 Å². The quantitative estimate of drug-likeness (QED) is 0.402. The summed E-state index contributed by atoms with van der Waals surface area (Å²) in [6, 6.07) is 14.1. The number of hydrogen-bond acceptors (Lipinski definition) is 4. The van der Waals surface area contributed by atoms with E-state index in [0.29, 0.717) is 15.6 Å². The maximum Gasteiger partial charge on any atom is 0.336 e. The van der Waals surface area contributed by atoms with Crippen LogP contribution in [0.3, 0.4) is 0 Å². The van der Waals surface area contributed by atoms with Crippen LogP contribution in [-0.4, -0.2) is 21.0 Å². The van der Waals surface area contributed by atoms with E-state index in [9.17, 15) is 9.90 Å². The molecule has 0 amide bonds. The number of carbonyl (C=O) groups is 1. The van der Waals surface area contributed by atoms with Crippen LogP contribution in [0.25, 0.3) is 33.0 Å². The van der Waals surface area contributed by atoms with Gasteiger partial charge in [0.1, 0.15) is 5.01 Å². The zero-order valence-electron chi connectivity index (χ0n) is 14.3. The van der Waals surface area contributed by atoms with Crippen LogP contribution >= 0.6 is 34.5 Å². The summed E-state index contributed by atoms with van der Waals surface area (Å²) in [6.45, 7) is 0. The van der Waals surface area contributed by atoms with Crippen molar-refractivity contribution in [2.24, 2.45) is 0 Å². The van der Waals surface area contributed by atoms with E-state index >= 15 is 0 Å². The molecule has 0 atom stereocenters. The highest BCUT2D eigenvalue weighted by Gasteiger charge is 2.19. The molecule has 4 rings (SSSR count). The highest BCUT2D eigenvalue weighted by Crippen LogP contribution is 2.38. The van der Waals surface area contributed by atoms with E-state index in [0.717, 1.165) is 27.4 Å². The van der Waals surface area contributed by atoms with Gasteiger partial charge in [-0.1, -0.05) is 41.4 Å². The van der Waals surface area contributed by atoms with Gasteiger partial charge in [0.05, 0.1) is 21.3 Å². The minimum absolute atomic E-state index is 0.218. The number of thiazole rings is 1. The van der Waals surface area contributed by atoms with Crippen LogP contribution < -0.4 is 0 Å². The summed E-state index contributed by atoms with van der Waals surface area (Å²) in [5.41, 5.74) is 3.95. The van der Waals surface area contributed by atoms with E-state index in [2.05, 4.69) is 4.98 Å². The predicted octanol–water partition coefficient (Wildman–Crippen LogP) is 6.54. The fourth-order valence-corrected chi connectivity index (χ4v) is 4.08. The third-order valence-electron chi connectivity index (χ3n) is 4.21. The van der Waals surface area contributed by atoms with Gasteiger partial charge < -0.3 is 5.11 Å². The number of aromatic carboxylic acids is 1. The predicted molar refractivity (Wildman–Crippen MR) is 113 cm³/mol. The largest absolute Gasteiger partial charge is 0.478 e. The van der Waals surface area contributed by atoms with Crippen LogP contribution in [0.1, 0.15) is 10.4 Å². The number of nitrogens with zero attached hydrogens (tertiary/aromatic N) is 2. The van der Waals surface area contributed by atoms with E-state index in [4.69, 9.17) is 28.2 Å². The Morgan fingerprint density at radius 2 is 1.75 bits per heavy atom. The summed E-state index contributed by atoms with van der Waals surface area (Å²) < 4.78 is 0. The normalized spacial score (nSPS) is 10.8. The van der Waals surface area contributed by atoms with Crippen LogP contribution in [0.5, 0.6) is 0 Å². The molecule has 0 unspecified atom stereocenters. The zero-order valence-corrected chi connectivity index (χ0v) is 16.6. The van der Waals surface area contributed by atoms with E-state index < -0.39 is 5.97 Å². The molecule has 2 aromatic heterocycles. The fourth-order valence-electron chi connectivity index (χ4n) is 2.92. The highest BCUT2D eigenvalue weighted by molar-refractivity contribution is 7.13. The third-order valence-corrected chi connectivity index (χ3v) is 5.83. The molecule has 0 saturated carbocycles. The van der Waals surface area contributed by atoms with Crippen molar-refractivity contribution in [1.82, 2.24) is 9.97 Å². The molecule has 2 heterocycles. The van der Waals surface area contributed by atoms with Gasteiger partial charge in [0, 0.05) is 34.5 Å². The van der Waals surface area contributed by atoms with E-state index in [1.54, 1.807) is 48.8 Å². The van der Waals surface area contributed by atoms with Gasteiger partial charge in [-0.15, -0.1) is 11.3 Å². The zero-order chi connectivity index (χ0) is 19.7. The number of carboxylic acid groups (broad SMARTS) is 1. The average molecular weight is 427 g/mol. The minimum Gasteiger partial charge on any atom is -0.478 e. The van der Waals surface area contributed by atoms with Gasteiger partial charge in [0.15, 0.2) is 0 Å². The summed E-state index contributed by atoms with van der Waals surface area (Å²) in [5, 5.41) is 13.3. The van der Waals surface area contributed by atoms with E-state index in [1.807, 2.05) is 17.5 Å². The summed E-state index contributed by atoms with van der Waals surface area (Å²) in [7, 11) is 0.